The zero-order valence-electron chi connectivity index (χ0n) is 17.1. The van der Waals surface area contributed by atoms with Crippen molar-refractivity contribution < 1.29 is 28.6 Å². The number of benzene rings is 2. The Labute approximate surface area is 197 Å². The Kier molecular flexibility index (Phi) is 7.60. The molecule has 9 heteroatoms. The first-order chi connectivity index (χ1) is 14.8. The molecule has 1 aliphatic heterocycles. The molecule has 0 unspecified atom stereocenters. The molecule has 0 N–H and O–H groups in total. The highest BCUT2D eigenvalue weighted by atomic mass is 127. The molecule has 162 valence electrons. The molecule has 2 aromatic carbocycles. The van der Waals surface area contributed by atoms with E-state index in [1.54, 1.807) is 18.2 Å². The maximum absolute atomic E-state index is 12.8. The Balaban J connectivity index is 1.82. The first-order valence-electron chi connectivity index (χ1n) is 9.20. The molecule has 2 aromatic rings. The van der Waals surface area contributed by atoms with E-state index in [2.05, 4.69) is 27.3 Å². The monoisotopic (exact) mass is 553 g/mol. The predicted octanol–water partition coefficient (Wildman–Crippen LogP) is 4.40. The van der Waals surface area contributed by atoms with Gasteiger partial charge in [-0.2, -0.15) is 0 Å². The summed E-state index contributed by atoms with van der Waals surface area (Å²) in [6, 6.07) is 11.2. The van der Waals surface area contributed by atoms with Gasteiger partial charge in [-0.05, 0) is 70.6 Å². The van der Waals surface area contributed by atoms with Crippen molar-refractivity contribution in [3.8, 4) is 11.5 Å². The fraction of sp³-hybridized carbons (Fsp3) is 0.227. The third kappa shape index (κ3) is 5.59. The van der Waals surface area contributed by atoms with Gasteiger partial charge in [-0.25, -0.2) is 4.79 Å². The average molecular weight is 553 g/mol. The molecular weight excluding hydrogens is 533 g/mol. The normalized spacial score (nSPS) is 14.8. The quantitative estimate of drug-likeness (QED) is 0.286. The molecule has 0 aromatic heterocycles. The number of nitrogens with zero attached hydrogens (tertiary/aromatic N) is 1. The van der Waals surface area contributed by atoms with Gasteiger partial charge in [0.05, 0.1) is 29.2 Å². The van der Waals surface area contributed by atoms with Crippen molar-refractivity contribution in [2.75, 3.05) is 20.8 Å². The molecule has 1 heterocycles. The second kappa shape index (κ2) is 10.2. The third-order valence-corrected chi connectivity index (χ3v) is 6.12. The van der Waals surface area contributed by atoms with Crippen molar-refractivity contribution in [2.24, 2.45) is 0 Å². The molecule has 0 aliphatic carbocycles. The largest absolute Gasteiger partial charge is 0.493 e. The van der Waals surface area contributed by atoms with Crippen LogP contribution in [0, 0.1) is 10.5 Å². The van der Waals surface area contributed by atoms with Crippen LogP contribution in [0.5, 0.6) is 11.5 Å². The van der Waals surface area contributed by atoms with Crippen LogP contribution >= 0.6 is 34.4 Å². The molecule has 31 heavy (non-hydrogen) atoms. The molecule has 0 spiro atoms. The minimum absolute atomic E-state index is 0.227. The topological polar surface area (TPSA) is 82.1 Å². The van der Waals surface area contributed by atoms with Gasteiger partial charge < -0.3 is 14.2 Å². The summed E-state index contributed by atoms with van der Waals surface area (Å²) < 4.78 is 16.2. The summed E-state index contributed by atoms with van der Waals surface area (Å²) in [5, 5.41) is -0.308. The van der Waals surface area contributed by atoms with Crippen molar-refractivity contribution in [2.45, 2.75) is 13.5 Å². The number of carbonyl (C=O) groups excluding carboxylic acids is 3. The molecular formula is C22H20INO6S. The van der Waals surface area contributed by atoms with Gasteiger partial charge >= 0.3 is 5.97 Å². The number of ether oxygens (including phenoxy) is 3. The Bertz CT molecular complexity index is 1070. The fourth-order valence-corrected chi connectivity index (χ4v) is 4.55. The van der Waals surface area contributed by atoms with Crippen molar-refractivity contribution in [1.29, 1.82) is 0 Å². The number of carbonyl (C=O) groups is 3. The molecule has 1 aliphatic rings. The second-order valence-electron chi connectivity index (χ2n) is 6.66. The number of rotatable bonds is 7. The molecule has 3 rings (SSSR count). The summed E-state index contributed by atoms with van der Waals surface area (Å²) >= 11 is 2.96. The summed E-state index contributed by atoms with van der Waals surface area (Å²) in [7, 11) is 2.76. The molecule has 2 amide bonds. The minimum Gasteiger partial charge on any atom is -0.493 e. The van der Waals surface area contributed by atoms with E-state index in [1.165, 1.54) is 19.1 Å². The number of halogens is 1. The number of hydrogen-bond donors (Lipinski definition) is 0. The van der Waals surface area contributed by atoms with Crippen LogP contribution in [0.1, 0.15) is 16.7 Å². The number of thioether (sulfide) groups is 1. The van der Waals surface area contributed by atoms with E-state index in [0.29, 0.717) is 25.5 Å². The minimum atomic E-state index is -0.510. The van der Waals surface area contributed by atoms with E-state index in [-0.39, 0.29) is 24.3 Å². The zero-order chi connectivity index (χ0) is 22.5. The van der Waals surface area contributed by atoms with E-state index in [0.717, 1.165) is 22.9 Å². The van der Waals surface area contributed by atoms with Crippen molar-refractivity contribution in [1.82, 2.24) is 4.90 Å². The molecule has 0 saturated carbocycles. The van der Waals surface area contributed by atoms with Gasteiger partial charge in [0.15, 0.2) is 18.1 Å². The van der Waals surface area contributed by atoms with Gasteiger partial charge in [-0.1, -0.05) is 29.8 Å². The lowest BCUT2D eigenvalue weighted by atomic mass is 10.1. The van der Waals surface area contributed by atoms with E-state index in [4.69, 9.17) is 9.47 Å². The number of imide groups is 1. The van der Waals surface area contributed by atoms with Gasteiger partial charge in [0.2, 0.25) is 0 Å². The molecule has 1 saturated heterocycles. The second-order valence-corrected chi connectivity index (χ2v) is 8.81. The first-order valence-corrected chi connectivity index (χ1v) is 11.1. The highest BCUT2D eigenvalue weighted by Gasteiger charge is 2.35. The van der Waals surface area contributed by atoms with Crippen LogP contribution in [0.25, 0.3) is 6.08 Å². The summed E-state index contributed by atoms with van der Waals surface area (Å²) in [6.45, 7) is 1.94. The Morgan fingerprint density at radius 1 is 1.19 bits per heavy atom. The van der Waals surface area contributed by atoms with Crippen LogP contribution < -0.4 is 9.47 Å². The number of amides is 2. The highest BCUT2D eigenvalue weighted by molar-refractivity contribution is 14.1. The van der Waals surface area contributed by atoms with Crippen LogP contribution in [0.4, 0.5) is 4.79 Å². The fourth-order valence-electron chi connectivity index (χ4n) is 2.93. The average Bonchev–Trinajstić information content (AvgIpc) is 2.99. The number of methoxy groups -OCH3 is 2. The van der Waals surface area contributed by atoms with Crippen LogP contribution in [-0.2, 0) is 20.9 Å². The number of hydrogen-bond acceptors (Lipinski definition) is 7. The lowest BCUT2D eigenvalue weighted by Crippen LogP contribution is -2.27. The third-order valence-electron chi connectivity index (χ3n) is 4.41. The van der Waals surface area contributed by atoms with Crippen LogP contribution in [0.15, 0.2) is 41.3 Å². The van der Waals surface area contributed by atoms with Gasteiger partial charge in [0.25, 0.3) is 11.1 Å². The molecule has 1 fully saturated rings. The molecule has 0 bridgehead atoms. The van der Waals surface area contributed by atoms with E-state index in [1.807, 2.05) is 31.2 Å². The molecule has 0 atom stereocenters. The van der Waals surface area contributed by atoms with Gasteiger partial charge in [0.1, 0.15) is 0 Å². The van der Waals surface area contributed by atoms with Gasteiger partial charge in [0, 0.05) is 0 Å². The van der Waals surface area contributed by atoms with Crippen molar-refractivity contribution >= 4 is 57.5 Å². The van der Waals surface area contributed by atoms with Crippen molar-refractivity contribution in [3.05, 3.63) is 61.6 Å². The Morgan fingerprint density at radius 2 is 1.97 bits per heavy atom. The van der Waals surface area contributed by atoms with E-state index >= 15 is 0 Å². The Morgan fingerprint density at radius 3 is 2.65 bits per heavy atom. The maximum atomic E-state index is 12.8. The summed E-state index contributed by atoms with van der Waals surface area (Å²) in [6.07, 6.45) is 1.65. The van der Waals surface area contributed by atoms with E-state index < -0.39 is 5.97 Å². The SMILES string of the molecule is COC(=O)COc1c(I)cc(/C=C2\SC(=O)N(Cc3cccc(C)c3)C2=O)cc1OC. The molecule has 0 radical (unpaired) electrons. The standard InChI is InChI=1S/C22H20INO6S/c1-13-5-4-6-14(7-13)11-24-21(26)18(31-22(24)27)10-15-8-16(23)20(17(9-15)28-2)30-12-19(25)29-3/h4-10H,11-12H2,1-3H3/b18-10-. The van der Waals surface area contributed by atoms with Crippen LogP contribution in [0.3, 0.4) is 0 Å². The van der Waals surface area contributed by atoms with Crippen LogP contribution in [0.2, 0.25) is 0 Å². The first kappa shape index (κ1) is 23.1. The lowest BCUT2D eigenvalue weighted by Gasteiger charge is -2.13. The molecule has 7 nitrogen and oxygen atoms in total. The maximum Gasteiger partial charge on any atom is 0.343 e. The summed E-state index contributed by atoms with van der Waals surface area (Å²) in [5.74, 6) is -0.0417. The summed E-state index contributed by atoms with van der Waals surface area (Å²) in [5.41, 5.74) is 2.63. The van der Waals surface area contributed by atoms with E-state index in [9.17, 15) is 14.4 Å². The number of aryl methyl sites for hydroxylation is 1. The van der Waals surface area contributed by atoms with Crippen LogP contribution in [-0.4, -0.2) is 42.8 Å². The highest BCUT2D eigenvalue weighted by Crippen LogP contribution is 2.37. The van der Waals surface area contributed by atoms with Gasteiger partial charge in [-0.3, -0.25) is 14.5 Å². The number of esters is 1. The zero-order valence-corrected chi connectivity index (χ0v) is 20.1. The lowest BCUT2D eigenvalue weighted by molar-refractivity contribution is -0.143. The smallest absolute Gasteiger partial charge is 0.343 e. The van der Waals surface area contributed by atoms with Gasteiger partial charge in [-0.15, -0.1) is 0 Å². The predicted molar refractivity (Wildman–Crippen MR) is 126 cm³/mol. The van der Waals surface area contributed by atoms with Crippen molar-refractivity contribution in [3.63, 3.8) is 0 Å². The summed E-state index contributed by atoms with van der Waals surface area (Å²) in [4.78, 5) is 38.2. The Hall–Kier alpha value is -2.53.